The molecule has 2 atom stereocenters. The van der Waals surface area contributed by atoms with Gasteiger partial charge in [-0.25, -0.2) is 0 Å². The van der Waals surface area contributed by atoms with E-state index in [0.29, 0.717) is 13.2 Å². The first-order valence-corrected chi connectivity index (χ1v) is 12.1. The van der Waals surface area contributed by atoms with Crippen LogP contribution in [0.2, 0.25) is 0 Å². The lowest BCUT2D eigenvalue weighted by molar-refractivity contribution is -0.144. The van der Waals surface area contributed by atoms with Gasteiger partial charge in [-0.2, -0.15) is 0 Å². The number of imide groups is 1. The number of carbonyl (C=O) groups is 3. The molecule has 6 nitrogen and oxygen atoms in total. The molecule has 3 amide bonds. The Bertz CT molecular complexity index is 946. The Morgan fingerprint density at radius 1 is 1.16 bits per heavy atom. The van der Waals surface area contributed by atoms with Crippen LogP contribution in [0.15, 0.2) is 47.8 Å². The number of thiophene rings is 1. The molecular weight excluding hydrogens is 424 g/mol. The molecule has 2 aliphatic heterocycles. The molecule has 0 unspecified atom stereocenters. The van der Waals surface area contributed by atoms with Crippen LogP contribution < -0.4 is 0 Å². The number of methoxy groups -OCH3 is 1. The first-order valence-electron chi connectivity index (χ1n) is 11.3. The molecule has 0 bridgehead atoms. The largest absolute Gasteiger partial charge is 0.385 e. The molecule has 2 fully saturated rings. The summed E-state index contributed by atoms with van der Waals surface area (Å²) in [5.41, 5.74) is -0.401. The van der Waals surface area contributed by atoms with Gasteiger partial charge < -0.3 is 9.64 Å². The SMILES string of the molecule is COCC[C@@H]1CCCCN1C(=O)C[C@@]1(c2ccccc2)CC(=O)N(Cc2cccs2)C1=O. The van der Waals surface area contributed by atoms with E-state index in [1.165, 1.54) is 16.2 Å². The monoisotopic (exact) mass is 454 g/mol. The Morgan fingerprint density at radius 3 is 2.69 bits per heavy atom. The number of hydrogen-bond donors (Lipinski definition) is 0. The summed E-state index contributed by atoms with van der Waals surface area (Å²) in [6.07, 6.45) is 3.84. The van der Waals surface area contributed by atoms with E-state index in [0.717, 1.165) is 36.1 Å². The Balaban J connectivity index is 1.62. The minimum absolute atomic E-state index is 0.0199. The second-order valence-electron chi connectivity index (χ2n) is 8.68. The second kappa shape index (κ2) is 9.96. The minimum Gasteiger partial charge on any atom is -0.385 e. The summed E-state index contributed by atoms with van der Waals surface area (Å²) in [4.78, 5) is 44.6. The fraction of sp³-hybridized carbons (Fsp3) is 0.480. The molecule has 1 aromatic heterocycles. The average molecular weight is 455 g/mol. The maximum atomic E-state index is 13.8. The maximum absolute atomic E-state index is 13.8. The van der Waals surface area contributed by atoms with Crippen molar-refractivity contribution in [2.75, 3.05) is 20.3 Å². The van der Waals surface area contributed by atoms with Crippen molar-refractivity contribution in [3.63, 3.8) is 0 Å². The number of rotatable bonds is 8. The summed E-state index contributed by atoms with van der Waals surface area (Å²) in [5.74, 6) is -0.524. The molecule has 0 saturated carbocycles. The van der Waals surface area contributed by atoms with E-state index in [1.807, 2.05) is 52.7 Å². The van der Waals surface area contributed by atoms with E-state index in [1.54, 1.807) is 7.11 Å². The number of carbonyl (C=O) groups excluding carboxylic acids is 3. The van der Waals surface area contributed by atoms with Crippen LogP contribution in [0.5, 0.6) is 0 Å². The molecule has 170 valence electrons. The summed E-state index contributed by atoms with van der Waals surface area (Å²) in [6.45, 7) is 1.56. The zero-order valence-electron chi connectivity index (χ0n) is 18.5. The highest BCUT2D eigenvalue weighted by Gasteiger charge is 2.54. The molecule has 0 radical (unpaired) electrons. The van der Waals surface area contributed by atoms with E-state index in [4.69, 9.17) is 4.74 Å². The molecule has 0 spiro atoms. The lowest BCUT2D eigenvalue weighted by Gasteiger charge is -2.38. The summed E-state index contributed by atoms with van der Waals surface area (Å²) < 4.78 is 5.25. The molecular formula is C25H30N2O4S. The Labute approximate surface area is 193 Å². The summed E-state index contributed by atoms with van der Waals surface area (Å²) >= 11 is 1.52. The van der Waals surface area contributed by atoms with Crippen LogP contribution in [0, 0.1) is 0 Å². The number of benzene rings is 1. The van der Waals surface area contributed by atoms with Crippen molar-refractivity contribution >= 4 is 29.1 Å². The average Bonchev–Trinajstić information content (AvgIpc) is 3.41. The third kappa shape index (κ3) is 4.50. The van der Waals surface area contributed by atoms with E-state index in [-0.39, 0.29) is 43.1 Å². The van der Waals surface area contributed by atoms with Gasteiger partial charge in [0.25, 0.3) is 0 Å². The van der Waals surface area contributed by atoms with E-state index in [9.17, 15) is 14.4 Å². The fourth-order valence-corrected chi connectivity index (χ4v) is 5.68. The predicted molar refractivity (Wildman–Crippen MR) is 123 cm³/mol. The zero-order valence-corrected chi connectivity index (χ0v) is 19.3. The standard InChI is InChI=1S/C25H30N2O4S/c1-31-14-12-20-10-5-6-13-26(20)22(28)16-25(19-8-3-2-4-9-19)17-23(29)27(24(25)30)18-21-11-7-15-32-21/h2-4,7-9,11,15,20H,5-6,10,12-14,16-18H2,1H3/t20-,25-/m0/s1. The van der Waals surface area contributed by atoms with Gasteiger partial charge in [-0.05, 0) is 42.7 Å². The van der Waals surface area contributed by atoms with Crippen molar-refractivity contribution in [2.45, 2.75) is 56.5 Å². The fourth-order valence-electron chi connectivity index (χ4n) is 4.98. The van der Waals surface area contributed by atoms with Crippen molar-refractivity contribution < 1.29 is 19.1 Å². The van der Waals surface area contributed by atoms with Gasteiger partial charge in [0, 0.05) is 44.0 Å². The third-order valence-electron chi connectivity index (χ3n) is 6.68. The predicted octanol–water partition coefficient (Wildman–Crippen LogP) is 3.75. The molecule has 1 aromatic carbocycles. The van der Waals surface area contributed by atoms with Gasteiger partial charge in [0.1, 0.15) is 0 Å². The highest BCUT2D eigenvalue weighted by Crippen LogP contribution is 2.41. The smallest absolute Gasteiger partial charge is 0.241 e. The van der Waals surface area contributed by atoms with Gasteiger partial charge in [-0.3, -0.25) is 19.3 Å². The minimum atomic E-state index is -1.14. The zero-order chi connectivity index (χ0) is 22.6. The highest BCUT2D eigenvalue weighted by molar-refractivity contribution is 7.09. The third-order valence-corrected chi connectivity index (χ3v) is 7.55. The molecule has 4 rings (SSSR count). The van der Waals surface area contributed by atoms with Crippen molar-refractivity contribution in [1.82, 2.24) is 9.80 Å². The lowest BCUT2D eigenvalue weighted by atomic mass is 9.75. The van der Waals surface area contributed by atoms with E-state index < -0.39 is 5.41 Å². The van der Waals surface area contributed by atoms with Crippen LogP contribution in [0.3, 0.4) is 0 Å². The van der Waals surface area contributed by atoms with Gasteiger partial charge in [-0.15, -0.1) is 11.3 Å². The first-order chi connectivity index (χ1) is 15.5. The number of ether oxygens (including phenoxy) is 1. The maximum Gasteiger partial charge on any atom is 0.241 e. The Morgan fingerprint density at radius 2 is 1.97 bits per heavy atom. The molecule has 7 heteroatoms. The van der Waals surface area contributed by atoms with Crippen LogP contribution in [0.25, 0.3) is 0 Å². The summed E-state index contributed by atoms with van der Waals surface area (Å²) in [5, 5.41) is 1.94. The first kappa shape index (κ1) is 22.7. The van der Waals surface area contributed by atoms with Gasteiger partial charge in [-0.1, -0.05) is 36.4 Å². The van der Waals surface area contributed by atoms with Crippen LogP contribution in [0.4, 0.5) is 0 Å². The summed E-state index contributed by atoms with van der Waals surface area (Å²) in [7, 11) is 1.67. The van der Waals surface area contributed by atoms with Crippen molar-refractivity contribution in [3.05, 3.63) is 58.3 Å². The lowest BCUT2D eigenvalue weighted by Crippen LogP contribution is -2.48. The van der Waals surface area contributed by atoms with Crippen LogP contribution in [-0.2, 0) is 31.1 Å². The highest BCUT2D eigenvalue weighted by atomic mass is 32.1. The van der Waals surface area contributed by atoms with Gasteiger partial charge in [0.05, 0.1) is 12.0 Å². The molecule has 0 N–H and O–H groups in total. The normalized spacial score (nSPS) is 23.7. The quantitative estimate of drug-likeness (QED) is 0.570. The molecule has 32 heavy (non-hydrogen) atoms. The molecule has 0 aliphatic carbocycles. The topological polar surface area (TPSA) is 66.9 Å². The Kier molecular flexibility index (Phi) is 7.06. The van der Waals surface area contributed by atoms with E-state index >= 15 is 0 Å². The molecule has 2 aromatic rings. The molecule has 2 saturated heterocycles. The number of likely N-dealkylation sites (tertiary alicyclic amines) is 2. The molecule has 3 heterocycles. The van der Waals surface area contributed by atoms with Gasteiger partial charge in [0.2, 0.25) is 17.7 Å². The number of amides is 3. The number of hydrogen-bond acceptors (Lipinski definition) is 5. The number of nitrogens with zero attached hydrogens (tertiary/aromatic N) is 2. The van der Waals surface area contributed by atoms with Gasteiger partial charge in [0.15, 0.2) is 0 Å². The van der Waals surface area contributed by atoms with Crippen LogP contribution >= 0.6 is 11.3 Å². The number of piperidine rings is 1. The van der Waals surface area contributed by atoms with Crippen LogP contribution in [0.1, 0.15) is 49.0 Å². The summed E-state index contributed by atoms with van der Waals surface area (Å²) in [6, 6.07) is 13.3. The molecule has 2 aliphatic rings. The van der Waals surface area contributed by atoms with Crippen molar-refractivity contribution in [1.29, 1.82) is 0 Å². The second-order valence-corrected chi connectivity index (χ2v) is 9.72. The van der Waals surface area contributed by atoms with Crippen molar-refractivity contribution in [2.24, 2.45) is 0 Å². The van der Waals surface area contributed by atoms with E-state index in [2.05, 4.69) is 0 Å². The van der Waals surface area contributed by atoms with Crippen molar-refractivity contribution in [3.8, 4) is 0 Å². The Hall–Kier alpha value is -2.51. The van der Waals surface area contributed by atoms with Gasteiger partial charge >= 0.3 is 0 Å². The van der Waals surface area contributed by atoms with Crippen LogP contribution in [-0.4, -0.2) is 53.8 Å².